The highest BCUT2D eigenvalue weighted by molar-refractivity contribution is 7.19. The van der Waals surface area contributed by atoms with Crippen molar-refractivity contribution >= 4 is 39.6 Å². The number of imidazole rings is 2. The third-order valence-electron chi connectivity index (χ3n) is 8.00. The van der Waals surface area contributed by atoms with Crippen molar-refractivity contribution in [1.82, 2.24) is 19.1 Å². The summed E-state index contributed by atoms with van der Waals surface area (Å²) in [6.45, 7) is 0. The summed E-state index contributed by atoms with van der Waals surface area (Å²) in [5.41, 5.74) is 5.36. The van der Waals surface area contributed by atoms with Crippen LogP contribution < -0.4 is 36.1 Å². The standard InChI is InChI=1S/C24H20B.C12H12ClN6O/c1-5-13-21(14-6-1)25(22-15-7-2-8-16-22,23-17-9-3-10-18-23)24-19-11-4-12-20-24;1-16-3-5-18(7-16)10-9(13)11(20)15-12(14-10)19-6-4-17(2)8-19/h1-20H;3-8H,1-2H3/q-1;+1. The first-order valence-corrected chi connectivity index (χ1v) is 15.0. The first-order valence-electron chi connectivity index (χ1n) is 14.7. The van der Waals surface area contributed by atoms with Crippen LogP contribution in [0.4, 0.5) is 0 Å². The molecule has 7 nitrogen and oxygen atoms in total. The number of aryl methyl sites for hydroxylation is 2. The Morgan fingerprint density at radius 3 is 1.31 bits per heavy atom. The minimum absolute atomic E-state index is 0.00137. The molecule has 0 N–H and O–H groups in total. The predicted molar refractivity (Wildman–Crippen MR) is 178 cm³/mol. The van der Waals surface area contributed by atoms with Crippen LogP contribution in [0, 0.1) is 0 Å². The lowest BCUT2D eigenvalue weighted by Gasteiger charge is -2.44. The van der Waals surface area contributed by atoms with E-state index in [1.807, 2.05) is 35.6 Å². The van der Waals surface area contributed by atoms with E-state index in [1.54, 1.807) is 34.2 Å². The third-order valence-corrected chi connectivity index (χ3v) is 8.33. The third kappa shape index (κ3) is 6.01. The van der Waals surface area contributed by atoms with Crippen molar-refractivity contribution in [3.05, 3.63) is 164 Å². The van der Waals surface area contributed by atoms with Crippen LogP contribution in [0.15, 0.2) is 159 Å². The first-order chi connectivity index (χ1) is 22.0. The summed E-state index contributed by atoms with van der Waals surface area (Å²) in [6.07, 6.45) is 9.52. The lowest BCUT2D eigenvalue weighted by molar-refractivity contribution is -0.670. The van der Waals surface area contributed by atoms with E-state index in [2.05, 4.69) is 131 Å². The molecule has 222 valence electrons. The zero-order valence-corrected chi connectivity index (χ0v) is 25.8. The molecule has 7 aromatic rings. The van der Waals surface area contributed by atoms with Gasteiger partial charge in [-0.1, -0.05) is 133 Å². The van der Waals surface area contributed by atoms with Crippen LogP contribution in [0.1, 0.15) is 0 Å². The van der Waals surface area contributed by atoms with Crippen molar-refractivity contribution in [2.24, 2.45) is 14.1 Å². The quantitative estimate of drug-likeness (QED) is 0.215. The lowest BCUT2D eigenvalue weighted by Crippen LogP contribution is -2.74. The average molecular weight is 611 g/mol. The van der Waals surface area contributed by atoms with Gasteiger partial charge in [-0.05, 0) is 0 Å². The van der Waals surface area contributed by atoms with Gasteiger partial charge in [0, 0.05) is 5.88 Å². The molecule has 0 aliphatic heterocycles. The maximum atomic E-state index is 11.9. The molecule has 45 heavy (non-hydrogen) atoms. The van der Waals surface area contributed by atoms with E-state index in [-0.39, 0.29) is 11.0 Å². The van der Waals surface area contributed by atoms with Gasteiger partial charge in [0.2, 0.25) is 12.1 Å². The minimum atomic E-state index is -1.22. The summed E-state index contributed by atoms with van der Waals surface area (Å²) < 4.78 is 7.00. The number of hydrogen-bond acceptors (Lipinski definition) is 3. The fourth-order valence-corrected chi connectivity index (χ4v) is 6.14. The summed E-state index contributed by atoms with van der Waals surface area (Å²) in [5, 5.41) is 11.9. The molecule has 0 saturated carbocycles. The van der Waals surface area contributed by atoms with Crippen LogP contribution in [0.3, 0.4) is 0 Å². The molecule has 3 heterocycles. The van der Waals surface area contributed by atoms with Crippen molar-refractivity contribution in [3.8, 4) is 17.6 Å². The molecule has 0 fully saturated rings. The van der Waals surface area contributed by atoms with E-state index in [0.29, 0.717) is 5.82 Å². The molecule has 4 aromatic carbocycles. The first kappa shape index (κ1) is 29.6. The molecular weight excluding hydrogens is 579 g/mol. The van der Waals surface area contributed by atoms with E-state index < -0.39 is 12.0 Å². The van der Waals surface area contributed by atoms with Gasteiger partial charge in [-0.15, -0.1) is 4.98 Å². The summed E-state index contributed by atoms with van der Waals surface area (Å²) >= 11 is 6.02. The smallest absolute Gasteiger partial charge is 0.328 e. The number of rotatable bonds is 6. The van der Waals surface area contributed by atoms with Gasteiger partial charge >= 0.3 is 5.95 Å². The zero-order valence-electron chi connectivity index (χ0n) is 25.1. The number of benzene rings is 4. The molecule has 0 unspecified atom stereocenters. The molecule has 0 atom stereocenters. The minimum Gasteiger partial charge on any atom is -0.857 e. The molecule has 0 amide bonds. The van der Waals surface area contributed by atoms with Crippen molar-refractivity contribution < 1.29 is 14.2 Å². The zero-order chi connectivity index (χ0) is 31.2. The topological polar surface area (TPSA) is 66.5 Å². The van der Waals surface area contributed by atoms with Gasteiger partial charge in [0.25, 0.3) is 6.33 Å². The van der Waals surface area contributed by atoms with Gasteiger partial charge in [0.15, 0.2) is 0 Å². The molecule has 0 radical (unpaired) electrons. The van der Waals surface area contributed by atoms with E-state index in [4.69, 9.17) is 11.6 Å². The van der Waals surface area contributed by atoms with E-state index in [0.717, 1.165) is 0 Å². The van der Waals surface area contributed by atoms with Gasteiger partial charge in [0.05, 0.1) is 14.1 Å². The highest BCUT2D eigenvalue weighted by atomic mass is 35.5. The Balaban J connectivity index is 0.000000163. The molecular formula is C36H32BClN6O. The van der Waals surface area contributed by atoms with Gasteiger partial charge in [0.1, 0.15) is 36.0 Å². The molecule has 7 rings (SSSR count). The average Bonchev–Trinajstić information content (AvgIpc) is 3.73. The highest BCUT2D eigenvalue weighted by Crippen LogP contribution is 2.25. The SMILES string of the molecule is C[n+]1ccn(-c2nc([O-])c(Cl)c(-n3cc[n+](C)c3)n2)c1.c1ccc([B-](c2ccccc2)(c2ccccc2)c2ccccc2)cc1. The van der Waals surface area contributed by atoms with Crippen LogP contribution in [0.2, 0.25) is 5.02 Å². The van der Waals surface area contributed by atoms with Gasteiger partial charge in [-0.25, -0.2) is 14.1 Å². The predicted octanol–water partition coefficient (Wildman–Crippen LogP) is 2.50. The molecule has 0 aliphatic carbocycles. The summed E-state index contributed by atoms with van der Waals surface area (Å²) in [4.78, 5) is 8.24. The Morgan fingerprint density at radius 1 is 0.578 bits per heavy atom. The van der Waals surface area contributed by atoms with E-state index in [9.17, 15) is 5.11 Å². The maximum absolute atomic E-state index is 11.9. The second-order valence-corrected chi connectivity index (χ2v) is 11.3. The highest BCUT2D eigenvalue weighted by Gasteiger charge is 2.31. The maximum Gasteiger partial charge on any atom is 0.328 e. The fraction of sp³-hybridized carbons (Fsp3) is 0.0556. The van der Waals surface area contributed by atoms with Crippen LogP contribution >= 0.6 is 11.6 Å². The Bertz CT molecular complexity index is 1830. The van der Waals surface area contributed by atoms with Crippen LogP contribution in [-0.4, -0.2) is 25.2 Å². The molecule has 0 aliphatic rings. The second kappa shape index (κ2) is 13.0. The Morgan fingerprint density at radius 2 is 0.956 bits per heavy atom. The summed E-state index contributed by atoms with van der Waals surface area (Å²) in [7, 11) is 3.74. The van der Waals surface area contributed by atoms with Crippen molar-refractivity contribution in [2.75, 3.05) is 0 Å². The summed E-state index contributed by atoms with van der Waals surface area (Å²) in [5.74, 6) is 0.143. The Labute approximate surface area is 267 Å². The largest absolute Gasteiger partial charge is 0.857 e. The number of aromatic nitrogens is 6. The van der Waals surface area contributed by atoms with Crippen molar-refractivity contribution in [2.45, 2.75) is 0 Å². The molecule has 0 bridgehead atoms. The molecule has 0 saturated heterocycles. The van der Waals surface area contributed by atoms with Gasteiger partial charge < -0.3 is 5.11 Å². The van der Waals surface area contributed by atoms with Crippen LogP contribution in [-0.2, 0) is 14.1 Å². The second-order valence-electron chi connectivity index (χ2n) is 10.9. The molecule has 3 aromatic heterocycles. The number of hydrogen-bond donors (Lipinski definition) is 0. The lowest BCUT2D eigenvalue weighted by atomic mass is 9.13. The van der Waals surface area contributed by atoms with E-state index >= 15 is 0 Å². The van der Waals surface area contributed by atoms with Crippen LogP contribution in [0.5, 0.6) is 5.88 Å². The van der Waals surface area contributed by atoms with Crippen LogP contribution in [0.25, 0.3) is 11.8 Å². The molecule has 9 heteroatoms. The van der Waals surface area contributed by atoms with Gasteiger partial charge in [-0.3, -0.25) is 0 Å². The van der Waals surface area contributed by atoms with Crippen molar-refractivity contribution in [3.63, 3.8) is 0 Å². The van der Waals surface area contributed by atoms with Crippen molar-refractivity contribution in [1.29, 1.82) is 0 Å². The Hall–Kier alpha value is -5.47. The van der Waals surface area contributed by atoms with E-state index in [1.165, 1.54) is 21.9 Å². The monoisotopic (exact) mass is 610 g/mol. The summed E-state index contributed by atoms with van der Waals surface area (Å²) in [6, 6.07) is 43.5. The van der Waals surface area contributed by atoms with Gasteiger partial charge in [-0.2, -0.15) is 31.0 Å². The fourth-order valence-electron chi connectivity index (χ4n) is 5.96. The number of nitrogens with zero attached hydrogens (tertiary/aromatic N) is 6. The number of halogens is 1. The Kier molecular flexibility index (Phi) is 8.57. The molecule has 0 spiro atoms. The normalized spacial score (nSPS) is 11.1.